The number of nitrogens with one attached hydrogen (secondary N) is 1. The van der Waals surface area contributed by atoms with Crippen molar-refractivity contribution in [3.8, 4) is 0 Å². The summed E-state index contributed by atoms with van der Waals surface area (Å²) < 4.78 is 0. The monoisotopic (exact) mass is 352 g/mol. The van der Waals surface area contributed by atoms with E-state index in [-0.39, 0.29) is 17.4 Å². The van der Waals surface area contributed by atoms with Crippen molar-refractivity contribution in [2.45, 2.75) is 68.7 Å². The molecule has 4 aliphatic rings. The van der Waals surface area contributed by atoms with E-state index in [0.29, 0.717) is 18.2 Å². The molecule has 26 heavy (non-hydrogen) atoms. The van der Waals surface area contributed by atoms with Crippen molar-refractivity contribution < 1.29 is 9.59 Å². The minimum absolute atomic E-state index is 0.0426. The minimum Gasteiger partial charge on any atom is -0.351 e. The van der Waals surface area contributed by atoms with Crippen molar-refractivity contribution in [1.29, 1.82) is 0 Å². The molecule has 0 radical (unpaired) electrons. The van der Waals surface area contributed by atoms with Crippen molar-refractivity contribution >= 4 is 11.8 Å². The average molecular weight is 352 g/mol. The zero-order valence-corrected chi connectivity index (χ0v) is 15.4. The van der Waals surface area contributed by atoms with Gasteiger partial charge in [0.1, 0.15) is 0 Å². The Labute approximate surface area is 155 Å². The number of carbonyl (C=O) groups excluding carboxylic acids is 2. The second kappa shape index (κ2) is 6.11. The van der Waals surface area contributed by atoms with Gasteiger partial charge >= 0.3 is 0 Å². The van der Waals surface area contributed by atoms with Crippen molar-refractivity contribution in [2.24, 2.45) is 5.92 Å². The molecule has 2 amide bonds. The van der Waals surface area contributed by atoms with E-state index < -0.39 is 0 Å². The van der Waals surface area contributed by atoms with Crippen LogP contribution in [0.2, 0.25) is 0 Å². The predicted octanol–water partition coefficient (Wildman–Crippen LogP) is 3.33. The highest BCUT2D eigenvalue weighted by Gasteiger charge is 2.51. The Morgan fingerprint density at radius 2 is 1.54 bits per heavy atom. The highest BCUT2D eigenvalue weighted by Crippen LogP contribution is 2.45. The van der Waals surface area contributed by atoms with Crippen LogP contribution in [-0.4, -0.2) is 35.3 Å². The molecule has 1 N–H and O–H groups in total. The first kappa shape index (κ1) is 16.3. The van der Waals surface area contributed by atoms with E-state index >= 15 is 0 Å². The van der Waals surface area contributed by atoms with E-state index in [0.717, 1.165) is 51.1 Å². The molecule has 2 aliphatic heterocycles. The maximum absolute atomic E-state index is 12.8. The van der Waals surface area contributed by atoms with Crippen molar-refractivity contribution in [3.63, 3.8) is 0 Å². The summed E-state index contributed by atoms with van der Waals surface area (Å²) in [6.45, 7) is 1.76. The van der Waals surface area contributed by atoms with Crippen LogP contribution in [0.3, 0.4) is 0 Å². The Morgan fingerprint density at radius 3 is 2.04 bits per heavy atom. The van der Waals surface area contributed by atoms with Gasteiger partial charge in [0.25, 0.3) is 0 Å². The second-order valence-electron chi connectivity index (χ2n) is 8.97. The number of likely N-dealkylation sites (tertiary alicyclic amines) is 1. The van der Waals surface area contributed by atoms with Crippen LogP contribution >= 0.6 is 0 Å². The lowest BCUT2D eigenvalue weighted by molar-refractivity contribution is -0.142. The van der Waals surface area contributed by atoms with Gasteiger partial charge in [-0.1, -0.05) is 24.3 Å². The normalized spacial score (nSPS) is 31.8. The van der Waals surface area contributed by atoms with Crippen molar-refractivity contribution in [1.82, 2.24) is 10.2 Å². The highest BCUT2D eigenvalue weighted by atomic mass is 16.2. The Kier molecular flexibility index (Phi) is 3.84. The first-order chi connectivity index (χ1) is 12.6. The van der Waals surface area contributed by atoms with Crippen LogP contribution in [0.4, 0.5) is 0 Å². The summed E-state index contributed by atoms with van der Waals surface area (Å²) >= 11 is 0. The summed E-state index contributed by atoms with van der Waals surface area (Å²) in [5.41, 5.74) is 2.90. The molecule has 2 aliphatic carbocycles. The molecule has 0 aromatic heterocycles. The second-order valence-corrected chi connectivity index (χ2v) is 8.97. The van der Waals surface area contributed by atoms with Gasteiger partial charge in [-0.3, -0.25) is 9.59 Å². The molecule has 2 heterocycles. The quantitative estimate of drug-likeness (QED) is 0.907. The summed E-state index contributed by atoms with van der Waals surface area (Å²) in [7, 11) is 0. The van der Waals surface area contributed by atoms with Crippen molar-refractivity contribution in [2.75, 3.05) is 13.1 Å². The smallest absolute Gasteiger partial charge is 0.225 e. The molecule has 5 rings (SSSR count). The summed E-state index contributed by atoms with van der Waals surface area (Å²) in [5, 5.41) is 3.09. The van der Waals surface area contributed by atoms with Gasteiger partial charge in [-0.25, -0.2) is 0 Å². The number of rotatable bonds is 3. The topological polar surface area (TPSA) is 49.4 Å². The molecular weight excluding hydrogens is 324 g/mol. The fourth-order valence-electron chi connectivity index (χ4n) is 5.29. The van der Waals surface area contributed by atoms with E-state index in [1.807, 2.05) is 0 Å². The summed E-state index contributed by atoms with van der Waals surface area (Å²) in [4.78, 5) is 26.3. The Bertz CT molecular complexity index is 708. The lowest BCUT2D eigenvalue weighted by Crippen LogP contribution is -2.57. The lowest BCUT2D eigenvalue weighted by atomic mass is 9.67. The molecule has 4 heteroatoms. The zero-order chi connectivity index (χ0) is 17.7. The predicted molar refractivity (Wildman–Crippen MR) is 99.8 cm³/mol. The van der Waals surface area contributed by atoms with Gasteiger partial charge in [-0.05, 0) is 67.9 Å². The third kappa shape index (κ3) is 2.93. The average Bonchev–Trinajstić information content (AvgIpc) is 3.42. The van der Waals surface area contributed by atoms with E-state index in [4.69, 9.17) is 0 Å². The zero-order valence-electron chi connectivity index (χ0n) is 15.4. The number of benzene rings is 1. The van der Waals surface area contributed by atoms with E-state index in [9.17, 15) is 9.59 Å². The molecule has 138 valence electrons. The molecule has 1 aromatic rings. The van der Waals surface area contributed by atoms with Crippen LogP contribution in [0.5, 0.6) is 0 Å². The third-order valence-electron chi connectivity index (χ3n) is 7.12. The lowest BCUT2D eigenvalue weighted by Gasteiger charge is -2.46. The molecule has 0 unspecified atom stereocenters. The Balaban J connectivity index is 1.13. The summed E-state index contributed by atoms with van der Waals surface area (Å²) in [6, 6.07) is 9.25. The number of hydrogen-bond acceptors (Lipinski definition) is 2. The van der Waals surface area contributed by atoms with E-state index in [1.54, 1.807) is 0 Å². The van der Waals surface area contributed by atoms with Gasteiger partial charge < -0.3 is 10.2 Å². The molecule has 1 spiro atoms. The van der Waals surface area contributed by atoms with Crippen LogP contribution < -0.4 is 5.32 Å². The summed E-state index contributed by atoms with van der Waals surface area (Å²) in [5.74, 6) is 2.01. The van der Waals surface area contributed by atoms with Gasteiger partial charge in [-0.15, -0.1) is 0 Å². The largest absolute Gasteiger partial charge is 0.351 e. The number of nitrogens with zero attached hydrogens (tertiary/aromatic N) is 1. The minimum atomic E-state index is -0.0426. The molecule has 0 atom stereocenters. The van der Waals surface area contributed by atoms with Gasteiger partial charge in [-0.2, -0.15) is 0 Å². The first-order valence-electron chi connectivity index (χ1n) is 10.3. The molecule has 2 saturated heterocycles. The van der Waals surface area contributed by atoms with Gasteiger partial charge in [0.05, 0.1) is 0 Å². The fraction of sp³-hybridized carbons (Fsp3) is 0.636. The number of amides is 2. The van der Waals surface area contributed by atoms with Gasteiger partial charge in [0, 0.05) is 31.0 Å². The number of piperidine rings is 1. The maximum Gasteiger partial charge on any atom is 0.225 e. The van der Waals surface area contributed by atoms with E-state index in [2.05, 4.69) is 34.5 Å². The van der Waals surface area contributed by atoms with Crippen LogP contribution in [0, 0.1) is 5.92 Å². The number of hydrogen-bond donors (Lipinski definition) is 1. The van der Waals surface area contributed by atoms with Crippen LogP contribution in [-0.2, 0) is 9.59 Å². The molecule has 1 aromatic carbocycles. The molecule has 4 fully saturated rings. The number of carbonyl (C=O) groups is 2. The first-order valence-corrected chi connectivity index (χ1v) is 10.3. The van der Waals surface area contributed by atoms with Crippen molar-refractivity contribution in [3.05, 3.63) is 35.4 Å². The van der Waals surface area contributed by atoms with Gasteiger partial charge in [0.15, 0.2) is 0 Å². The molecule has 2 saturated carbocycles. The SMILES string of the molecule is O=C1CC[C@]2(C[C@H](C(=O)N3CCC(c4ccc(C5CC5)cc4)CC3)C2)N1. The standard InChI is InChI=1S/C22H28N2O2/c25-20-7-10-22(23-20)13-19(14-22)21(26)24-11-8-18(9-12-24)17-5-3-16(4-6-17)15-1-2-15/h3-6,15,18-19H,1-2,7-14H2,(H,23,25)/t19-,22+. The van der Waals surface area contributed by atoms with Crippen LogP contribution in [0.25, 0.3) is 0 Å². The van der Waals surface area contributed by atoms with Crippen LogP contribution in [0.1, 0.15) is 74.3 Å². The molecular formula is C22H28N2O2. The Hall–Kier alpha value is -1.84. The maximum atomic E-state index is 12.8. The van der Waals surface area contributed by atoms with E-state index in [1.165, 1.54) is 24.0 Å². The molecule has 4 nitrogen and oxygen atoms in total. The Morgan fingerprint density at radius 1 is 0.962 bits per heavy atom. The highest BCUT2D eigenvalue weighted by molar-refractivity contribution is 5.83. The molecule has 0 bridgehead atoms. The fourth-order valence-corrected chi connectivity index (χ4v) is 5.29. The third-order valence-corrected chi connectivity index (χ3v) is 7.12. The van der Waals surface area contributed by atoms with Crippen LogP contribution in [0.15, 0.2) is 24.3 Å². The van der Waals surface area contributed by atoms with Gasteiger partial charge in [0.2, 0.25) is 11.8 Å². The summed E-state index contributed by atoms with van der Waals surface area (Å²) in [6.07, 6.45) is 8.09.